The molecule has 0 saturated carbocycles. The molecule has 0 aliphatic carbocycles. The number of amides is 1. The Morgan fingerprint density at radius 2 is 1.79 bits per heavy atom. The van der Waals surface area contributed by atoms with Crippen molar-refractivity contribution in [1.82, 2.24) is 0 Å². The second kappa shape index (κ2) is 7.95. The summed E-state index contributed by atoms with van der Waals surface area (Å²) in [6.45, 7) is 4.23. The standard InChI is InChI=1S/C22H24N2O3S2/c1-15(2)17-10-6-7-11-18(17)24-19-13-29(26,27)14-20(19)28-22(24)23-21(25)12-16-8-4-3-5-9-16/h3-11,15,19-20H,12-14H2,1-2H3/t19-,20-/m1/s1. The highest BCUT2D eigenvalue weighted by Gasteiger charge is 2.49. The van der Waals surface area contributed by atoms with Crippen LogP contribution < -0.4 is 4.90 Å². The van der Waals surface area contributed by atoms with Crippen LogP contribution in [0.3, 0.4) is 0 Å². The molecule has 2 aliphatic heterocycles. The fraction of sp³-hybridized carbons (Fsp3) is 0.364. The summed E-state index contributed by atoms with van der Waals surface area (Å²) in [6, 6.07) is 17.4. The maximum Gasteiger partial charge on any atom is 0.252 e. The van der Waals surface area contributed by atoms with Crippen LogP contribution >= 0.6 is 11.8 Å². The number of carbonyl (C=O) groups is 1. The molecule has 0 radical (unpaired) electrons. The molecular formula is C22H24N2O3S2. The lowest BCUT2D eigenvalue weighted by atomic mass is 9.99. The van der Waals surface area contributed by atoms with Gasteiger partial charge in [-0.1, -0.05) is 74.1 Å². The molecule has 0 spiro atoms. The van der Waals surface area contributed by atoms with Crippen LogP contribution in [0.4, 0.5) is 5.69 Å². The molecule has 152 valence electrons. The summed E-state index contributed by atoms with van der Waals surface area (Å²) < 4.78 is 24.5. The number of fused-ring (bicyclic) bond motifs is 1. The molecule has 2 aliphatic rings. The van der Waals surface area contributed by atoms with Gasteiger partial charge in [0.1, 0.15) is 0 Å². The molecule has 2 aromatic carbocycles. The Balaban J connectivity index is 1.70. The van der Waals surface area contributed by atoms with E-state index in [1.165, 1.54) is 11.8 Å². The number of carbonyl (C=O) groups excluding carboxylic acids is 1. The summed E-state index contributed by atoms with van der Waals surface area (Å²) in [5.74, 6) is 0.292. The first-order valence-corrected chi connectivity index (χ1v) is 12.4. The van der Waals surface area contributed by atoms with Crippen LogP contribution in [0, 0.1) is 0 Å². The summed E-state index contributed by atoms with van der Waals surface area (Å²) in [6.07, 6.45) is 0.234. The molecule has 0 bridgehead atoms. The van der Waals surface area contributed by atoms with Gasteiger partial charge in [-0.2, -0.15) is 4.99 Å². The second-order valence-electron chi connectivity index (χ2n) is 7.83. The SMILES string of the molecule is CC(C)c1ccccc1N1C(=NC(=O)Cc2ccccc2)S[C@@H]2CS(=O)(=O)C[C@H]21. The van der Waals surface area contributed by atoms with Crippen LogP contribution in [0.5, 0.6) is 0 Å². The van der Waals surface area contributed by atoms with Gasteiger partial charge >= 0.3 is 0 Å². The number of hydrogen-bond donors (Lipinski definition) is 0. The zero-order chi connectivity index (χ0) is 20.6. The molecule has 7 heteroatoms. The maximum absolute atomic E-state index is 12.7. The van der Waals surface area contributed by atoms with Crippen LogP contribution in [0.15, 0.2) is 59.6 Å². The van der Waals surface area contributed by atoms with Gasteiger partial charge < -0.3 is 4.90 Å². The van der Waals surface area contributed by atoms with E-state index in [-0.39, 0.29) is 41.0 Å². The Hall–Kier alpha value is -2.12. The summed E-state index contributed by atoms with van der Waals surface area (Å²) in [5, 5.41) is 0.521. The molecule has 29 heavy (non-hydrogen) atoms. The van der Waals surface area contributed by atoms with E-state index in [2.05, 4.69) is 24.9 Å². The quantitative estimate of drug-likeness (QED) is 0.744. The first-order chi connectivity index (χ1) is 13.8. The maximum atomic E-state index is 12.7. The summed E-state index contributed by atoms with van der Waals surface area (Å²) in [4.78, 5) is 19.1. The van der Waals surface area contributed by atoms with Gasteiger partial charge in [0.2, 0.25) is 0 Å². The molecule has 2 heterocycles. The number of thioether (sulfide) groups is 1. The van der Waals surface area contributed by atoms with Gasteiger partial charge in [-0.05, 0) is 23.1 Å². The highest BCUT2D eigenvalue weighted by Crippen LogP contribution is 2.43. The fourth-order valence-corrected chi connectivity index (χ4v) is 7.88. The Labute approximate surface area is 176 Å². The lowest BCUT2D eigenvalue weighted by Crippen LogP contribution is -2.38. The number of rotatable bonds is 4. The number of nitrogens with zero attached hydrogens (tertiary/aromatic N) is 2. The zero-order valence-electron chi connectivity index (χ0n) is 16.5. The third-order valence-electron chi connectivity index (χ3n) is 5.30. The van der Waals surface area contributed by atoms with E-state index in [1.807, 2.05) is 53.4 Å². The minimum Gasteiger partial charge on any atom is -0.315 e. The molecule has 2 fully saturated rings. The smallest absolute Gasteiger partial charge is 0.252 e. The Bertz CT molecular complexity index is 1050. The van der Waals surface area contributed by atoms with Crippen molar-refractivity contribution in [3.05, 3.63) is 65.7 Å². The number of aliphatic imine (C=N–C) groups is 1. The number of benzene rings is 2. The van der Waals surface area contributed by atoms with Gasteiger partial charge in [0.15, 0.2) is 15.0 Å². The van der Waals surface area contributed by atoms with Crippen molar-refractivity contribution < 1.29 is 13.2 Å². The average molecular weight is 429 g/mol. The fourth-order valence-electron chi connectivity index (χ4n) is 3.96. The first-order valence-electron chi connectivity index (χ1n) is 9.75. The van der Waals surface area contributed by atoms with E-state index in [9.17, 15) is 13.2 Å². The van der Waals surface area contributed by atoms with Crippen molar-refractivity contribution in [2.24, 2.45) is 4.99 Å². The number of hydrogen-bond acceptors (Lipinski definition) is 4. The molecule has 2 aromatic rings. The molecule has 1 amide bonds. The van der Waals surface area contributed by atoms with E-state index >= 15 is 0 Å². The zero-order valence-corrected chi connectivity index (χ0v) is 18.1. The third kappa shape index (κ3) is 4.26. The summed E-state index contributed by atoms with van der Waals surface area (Å²) in [5.41, 5.74) is 2.99. The molecule has 4 rings (SSSR count). The normalized spacial score (nSPS) is 24.2. The van der Waals surface area contributed by atoms with E-state index in [0.717, 1.165) is 16.8 Å². The van der Waals surface area contributed by atoms with Gasteiger partial charge in [-0.15, -0.1) is 0 Å². The number of amidine groups is 1. The predicted molar refractivity (Wildman–Crippen MR) is 119 cm³/mol. The van der Waals surface area contributed by atoms with Crippen molar-refractivity contribution in [2.45, 2.75) is 37.5 Å². The molecular weight excluding hydrogens is 404 g/mol. The predicted octanol–water partition coefficient (Wildman–Crippen LogP) is 3.65. The molecule has 5 nitrogen and oxygen atoms in total. The van der Waals surface area contributed by atoms with Crippen molar-refractivity contribution in [2.75, 3.05) is 16.4 Å². The highest BCUT2D eigenvalue weighted by molar-refractivity contribution is 8.16. The van der Waals surface area contributed by atoms with Gasteiger partial charge in [-0.25, -0.2) is 8.42 Å². The lowest BCUT2D eigenvalue weighted by molar-refractivity contribution is -0.117. The van der Waals surface area contributed by atoms with E-state index in [1.54, 1.807) is 0 Å². The Morgan fingerprint density at radius 3 is 2.52 bits per heavy atom. The van der Waals surface area contributed by atoms with Crippen LogP contribution in [0.2, 0.25) is 0 Å². The molecule has 2 atom stereocenters. The van der Waals surface area contributed by atoms with Gasteiger partial charge in [0, 0.05) is 10.9 Å². The molecule has 2 saturated heterocycles. The van der Waals surface area contributed by atoms with E-state index < -0.39 is 9.84 Å². The van der Waals surface area contributed by atoms with E-state index in [4.69, 9.17) is 0 Å². The Kier molecular flexibility index (Phi) is 5.53. The van der Waals surface area contributed by atoms with Crippen LogP contribution in [-0.2, 0) is 21.1 Å². The van der Waals surface area contributed by atoms with Crippen LogP contribution in [0.1, 0.15) is 30.9 Å². The van der Waals surface area contributed by atoms with Crippen molar-refractivity contribution >= 4 is 38.4 Å². The van der Waals surface area contributed by atoms with Gasteiger partial charge in [-0.3, -0.25) is 4.79 Å². The number of sulfone groups is 1. The second-order valence-corrected chi connectivity index (χ2v) is 11.2. The summed E-state index contributed by atoms with van der Waals surface area (Å²) >= 11 is 1.42. The largest absolute Gasteiger partial charge is 0.315 e. The molecule has 0 unspecified atom stereocenters. The highest BCUT2D eigenvalue weighted by atomic mass is 32.2. The van der Waals surface area contributed by atoms with Crippen molar-refractivity contribution in [3.8, 4) is 0 Å². The van der Waals surface area contributed by atoms with Crippen LogP contribution in [-0.4, -0.2) is 42.3 Å². The van der Waals surface area contributed by atoms with E-state index in [0.29, 0.717) is 5.17 Å². The minimum absolute atomic E-state index is 0.0940. The minimum atomic E-state index is -3.08. The number of anilines is 1. The molecule has 0 N–H and O–H groups in total. The van der Waals surface area contributed by atoms with Gasteiger partial charge in [0.05, 0.1) is 24.0 Å². The summed E-state index contributed by atoms with van der Waals surface area (Å²) in [7, 11) is -3.08. The van der Waals surface area contributed by atoms with Crippen molar-refractivity contribution in [1.29, 1.82) is 0 Å². The molecule has 0 aromatic heterocycles. The topological polar surface area (TPSA) is 66.8 Å². The Morgan fingerprint density at radius 1 is 1.10 bits per heavy atom. The third-order valence-corrected chi connectivity index (χ3v) is 8.51. The lowest BCUT2D eigenvalue weighted by Gasteiger charge is -2.28. The number of para-hydroxylation sites is 1. The average Bonchev–Trinajstić information content (AvgIpc) is 3.13. The first kappa shape index (κ1) is 20.2. The monoisotopic (exact) mass is 428 g/mol. The van der Waals surface area contributed by atoms with Gasteiger partial charge in [0.25, 0.3) is 5.91 Å². The van der Waals surface area contributed by atoms with Crippen molar-refractivity contribution in [3.63, 3.8) is 0 Å². The van der Waals surface area contributed by atoms with Crippen LogP contribution in [0.25, 0.3) is 0 Å².